The highest BCUT2D eigenvalue weighted by Crippen LogP contribution is 2.38. The minimum Gasteiger partial charge on any atom is -0.370 e. The molecule has 0 aromatic carbocycles. The maximum Gasteiger partial charge on any atom is 0.192 e. The molecule has 0 amide bonds. The number of hydrogen-bond acceptors (Lipinski definition) is 3. The average molecular weight is 223 g/mol. The normalized spacial score (nSPS) is 29.6. The molecule has 0 aromatic heterocycles. The van der Waals surface area contributed by atoms with Crippen LogP contribution in [-0.2, 0) is 0 Å². The fourth-order valence-corrected chi connectivity index (χ4v) is 2.77. The highest BCUT2D eigenvalue weighted by molar-refractivity contribution is 5.81. The zero-order valence-corrected chi connectivity index (χ0v) is 10.7. The van der Waals surface area contributed by atoms with Crippen LogP contribution < -0.4 is 5.73 Å². The van der Waals surface area contributed by atoms with Crippen LogP contribution in [0.4, 0.5) is 0 Å². The zero-order valence-electron chi connectivity index (χ0n) is 10.7. The highest BCUT2D eigenvalue weighted by Gasteiger charge is 2.45. The number of nitrogens with two attached hydrogens (primary N) is 1. The number of hydrogen-bond donors (Lipinski definition) is 1. The van der Waals surface area contributed by atoms with Crippen LogP contribution in [0.1, 0.15) is 58.8 Å². The number of unbranched alkanes of at least 4 members (excludes halogenated alkanes) is 3. The fraction of sp³-hybridized carbons (Fsp3) is 0.923. The Kier molecular flexibility index (Phi) is 3.41. The maximum absolute atomic E-state index is 6.00. The van der Waals surface area contributed by atoms with E-state index in [9.17, 15) is 0 Å². The third-order valence-electron chi connectivity index (χ3n) is 3.89. The Hall–Kier alpha value is -0.730. The molecule has 3 heteroatoms. The van der Waals surface area contributed by atoms with Crippen LogP contribution in [0.25, 0.3) is 0 Å². The lowest BCUT2D eigenvalue weighted by atomic mass is 9.93. The smallest absolute Gasteiger partial charge is 0.192 e. The number of rotatable bonds is 6. The van der Waals surface area contributed by atoms with Gasteiger partial charge in [-0.1, -0.05) is 32.6 Å². The zero-order chi connectivity index (χ0) is 11.6. The van der Waals surface area contributed by atoms with E-state index in [0.717, 1.165) is 12.5 Å². The maximum atomic E-state index is 6.00. The van der Waals surface area contributed by atoms with Gasteiger partial charge in [0.1, 0.15) is 0 Å². The van der Waals surface area contributed by atoms with Gasteiger partial charge in [0, 0.05) is 6.04 Å². The molecule has 0 bridgehead atoms. The van der Waals surface area contributed by atoms with Crippen LogP contribution in [-0.4, -0.2) is 29.0 Å². The average Bonchev–Trinajstić information content (AvgIpc) is 3.03. The lowest BCUT2D eigenvalue weighted by Crippen LogP contribution is -2.50. The molecule has 0 radical (unpaired) electrons. The molecular weight excluding hydrogens is 198 g/mol. The van der Waals surface area contributed by atoms with Crippen molar-refractivity contribution in [3.8, 4) is 0 Å². The standard InChI is InChI=1S/C13H25N3/c1-3-4-5-6-9-13(2)10-15-12(14)16(13)11-7-8-11/h11H,3-10H2,1-2H3,(H2,14,15). The Bertz CT molecular complexity index is 270. The first-order chi connectivity index (χ1) is 7.67. The van der Waals surface area contributed by atoms with Crippen molar-refractivity contribution in [2.75, 3.05) is 6.54 Å². The third-order valence-corrected chi connectivity index (χ3v) is 3.89. The summed E-state index contributed by atoms with van der Waals surface area (Å²) in [5.74, 6) is 0.792. The molecule has 0 aromatic rings. The fourth-order valence-electron chi connectivity index (χ4n) is 2.77. The van der Waals surface area contributed by atoms with Crippen molar-refractivity contribution < 1.29 is 0 Å². The Labute approximate surface area is 99.1 Å². The molecule has 0 spiro atoms. The first kappa shape index (κ1) is 11.7. The molecule has 16 heavy (non-hydrogen) atoms. The SMILES string of the molecule is CCCCCCC1(C)CN=C(N)N1C1CC1. The molecule has 92 valence electrons. The van der Waals surface area contributed by atoms with E-state index in [1.807, 2.05) is 0 Å². The summed E-state index contributed by atoms with van der Waals surface area (Å²) >= 11 is 0. The van der Waals surface area contributed by atoms with Crippen molar-refractivity contribution in [1.29, 1.82) is 0 Å². The topological polar surface area (TPSA) is 41.6 Å². The van der Waals surface area contributed by atoms with E-state index in [-0.39, 0.29) is 5.54 Å². The summed E-state index contributed by atoms with van der Waals surface area (Å²) in [6.07, 6.45) is 9.19. The Morgan fingerprint density at radius 2 is 2.12 bits per heavy atom. The van der Waals surface area contributed by atoms with Gasteiger partial charge >= 0.3 is 0 Å². The van der Waals surface area contributed by atoms with Gasteiger partial charge in [-0.2, -0.15) is 0 Å². The van der Waals surface area contributed by atoms with Gasteiger partial charge in [-0.25, -0.2) is 0 Å². The molecule has 1 saturated carbocycles. The van der Waals surface area contributed by atoms with Crippen molar-refractivity contribution >= 4 is 5.96 Å². The molecule has 1 aliphatic carbocycles. The molecule has 2 aliphatic rings. The van der Waals surface area contributed by atoms with Gasteiger partial charge in [-0.15, -0.1) is 0 Å². The van der Waals surface area contributed by atoms with Gasteiger partial charge in [0.2, 0.25) is 0 Å². The van der Waals surface area contributed by atoms with Gasteiger partial charge in [-0.3, -0.25) is 4.99 Å². The second-order valence-electron chi connectivity index (χ2n) is 5.58. The van der Waals surface area contributed by atoms with Crippen LogP contribution in [0.5, 0.6) is 0 Å². The van der Waals surface area contributed by atoms with Crippen LogP contribution in [0.2, 0.25) is 0 Å². The molecule has 1 atom stereocenters. The summed E-state index contributed by atoms with van der Waals surface area (Å²) in [6, 6.07) is 0.697. The number of guanidine groups is 1. The van der Waals surface area contributed by atoms with Crippen molar-refractivity contribution in [1.82, 2.24) is 4.90 Å². The van der Waals surface area contributed by atoms with Crippen LogP contribution >= 0.6 is 0 Å². The third kappa shape index (κ3) is 2.33. The first-order valence-corrected chi connectivity index (χ1v) is 6.76. The molecule has 1 aliphatic heterocycles. The van der Waals surface area contributed by atoms with Gasteiger partial charge < -0.3 is 10.6 Å². The lowest BCUT2D eigenvalue weighted by Gasteiger charge is -2.36. The lowest BCUT2D eigenvalue weighted by molar-refractivity contribution is 0.194. The van der Waals surface area contributed by atoms with Gasteiger partial charge in [0.05, 0.1) is 12.1 Å². The summed E-state index contributed by atoms with van der Waals surface area (Å²) in [5, 5.41) is 0. The van der Waals surface area contributed by atoms with Gasteiger partial charge in [0.25, 0.3) is 0 Å². The Morgan fingerprint density at radius 1 is 1.38 bits per heavy atom. The van der Waals surface area contributed by atoms with Crippen LogP contribution in [0.3, 0.4) is 0 Å². The second kappa shape index (κ2) is 4.64. The minimum atomic E-state index is 0.221. The summed E-state index contributed by atoms with van der Waals surface area (Å²) < 4.78 is 0. The van der Waals surface area contributed by atoms with E-state index >= 15 is 0 Å². The van der Waals surface area contributed by atoms with E-state index in [4.69, 9.17) is 5.73 Å². The van der Waals surface area contributed by atoms with E-state index in [2.05, 4.69) is 23.7 Å². The molecule has 1 fully saturated rings. The van der Waals surface area contributed by atoms with E-state index in [1.165, 1.54) is 44.9 Å². The molecule has 0 saturated heterocycles. The summed E-state index contributed by atoms with van der Waals surface area (Å²) in [4.78, 5) is 6.85. The summed E-state index contributed by atoms with van der Waals surface area (Å²) in [6.45, 7) is 5.50. The van der Waals surface area contributed by atoms with Crippen LogP contribution in [0, 0.1) is 0 Å². The molecule has 2 rings (SSSR count). The van der Waals surface area contributed by atoms with Crippen molar-refractivity contribution in [3.05, 3.63) is 0 Å². The van der Waals surface area contributed by atoms with Crippen molar-refractivity contribution in [3.63, 3.8) is 0 Å². The first-order valence-electron chi connectivity index (χ1n) is 6.76. The Morgan fingerprint density at radius 3 is 2.75 bits per heavy atom. The predicted molar refractivity (Wildman–Crippen MR) is 68.5 cm³/mol. The molecule has 3 nitrogen and oxygen atoms in total. The number of aliphatic imine (C=N–C) groups is 1. The van der Waals surface area contributed by atoms with Gasteiger partial charge in [0.15, 0.2) is 5.96 Å². The largest absolute Gasteiger partial charge is 0.370 e. The minimum absolute atomic E-state index is 0.221. The van der Waals surface area contributed by atoms with E-state index < -0.39 is 0 Å². The molecular formula is C13H25N3. The quantitative estimate of drug-likeness (QED) is 0.703. The van der Waals surface area contributed by atoms with E-state index in [1.54, 1.807) is 0 Å². The molecule has 1 unspecified atom stereocenters. The number of nitrogens with zero attached hydrogens (tertiary/aromatic N) is 2. The van der Waals surface area contributed by atoms with Crippen LogP contribution in [0.15, 0.2) is 4.99 Å². The predicted octanol–water partition coefficient (Wildman–Crippen LogP) is 2.51. The van der Waals surface area contributed by atoms with Crippen molar-refractivity contribution in [2.24, 2.45) is 10.7 Å². The highest BCUT2D eigenvalue weighted by atomic mass is 15.4. The summed E-state index contributed by atoms with van der Waals surface area (Å²) in [7, 11) is 0. The monoisotopic (exact) mass is 223 g/mol. The van der Waals surface area contributed by atoms with Gasteiger partial charge in [-0.05, 0) is 26.2 Å². The molecule has 2 N–H and O–H groups in total. The summed E-state index contributed by atoms with van der Waals surface area (Å²) in [5.41, 5.74) is 6.22. The molecule has 1 heterocycles. The second-order valence-corrected chi connectivity index (χ2v) is 5.58. The van der Waals surface area contributed by atoms with Crippen molar-refractivity contribution in [2.45, 2.75) is 70.4 Å². The van der Waals surface area contributed by atoms with E-state index in [0.29, 0.717) is 6.04 Å². The Balaban J connectivity index is 1.86.